The molecule has 1 heterocycles. The molecule has 1 fully saturated rings. The normalized spacial score (nSPS) is 19.4. The van der Waals surface area contributed by atoms with Crippen molar-refractivity contribution < 1.29 is 23.9 Å². The zero-order valence-corrected chi connectivity index (χ0v) is 14.0. The number of likely N-dealkylation sites (N-methyl/N-ethyl adjacent to an activating group) is 1. The van der Waals surface area contributed by atoms with Gasteiger partial charge in [-0.05, 0) is 19.1 Å². The van der Waals surface area contributed by atoms with Gasteiger partial charge >= 0.3 is 12.0 Å². The molecule has 0 saturated carbocycles. The van der Waals surface area contributed by atoms with Crippen LogP contribution in [-0.2, 0) is 14.3 Å². The minimum atomic E-state index is -1.05. The number of esters is 1. The number of carbonyl (C=O) groups excluding carboxylic acids is 4. The van der Waals surface area contributed by atoms with E-state index in [-0.39, 0.29) is 12.4 Å². The standard InChI is InChI=1S/C15H17N3O5S/c1-15(13(21)17-14(22)18-15)8-24-10-6-4-3-5-9(10)12(20)23-7-11(19)16-2/h3-6H,7-8H2,1-2H3,(H,16,19)(H2,17,18,21,22)/t15-/m1/s1. The van der Waals surface area contributed by atoms with E-state index in [0.29, 0.717) is 10.5 Å². The summed E-state index contributed by atoms with van der Waals surface area (Å²) in [4.78, 5) is 47.0. The summed E-state index contributed by atoms with van der Waals surface area (Å²) in [5.41, 5.74) is -0.763. The lowest BCUT2D eigenvalue weighted by Gasteiger charge is -2.20. The Labute approximate surface area is 142 Å². The first-order valence-electron chi connectivity index (χ1n) is 7.09. The summed E-state index contributed by atoms with van der Waals surface area (Å²) in [6, 6.07) is 6.16. The summed E-state index contributed by atoms with van der Waals surface area (Å²) >= 11 is 1.24. The van der Waals surface area contributed by atoms with E-state index in [0.717, 1.165) is 0 Å². The summed E-state index contributed by atoms with van der Waals surface area (Å²) in [5, 5.41) is 7.10. The molecule has 1 atom stereocenters. The van der Waals surface area contributed by atoms with Crippen molar-refractivity contribution in [2.24, 2.45) is 0 Å². The number of ether oxygens (including phenoxy) is 1. The molecule has 128 valence electrons. The van der Waals surface area contributed by atoms with Crippen LogP contribution in [0.5, 0.6) is 0 Å². The lowest BCUT2D eigenvalue weighted by atomic mass is 10.1. The number of nitrogens with one attached hydrogen (secondary N) is 3. The van der Waals surface area contributed by atoms with Crippen molar-refractivity contribution >= 4 is 35.6 Å². The van der Waals surface area contributed by atoms with Crippen LogP contribution in [0.3, 0.4) is 0 Å². The van der Waals surface area contributed by atoms with Crippen LogP contribution < -0.4 is 16.0 Å². The third-order valence-corrected chi connectivity index (χ3v) is 4.74. The molecule has 0 spiro atoms. The van der Waals surface area contributed by atoms with E-state index in [1.165, 1.54) is 18.8 Å². The van der Waals surface area contributed by atoms with Gasteiger partial charge in [0.15, 0.2) is 6.61 Å². The predicted octanol–water partition coefficient (Wildman–Crippen LogP) is 0.280. The molecule has 1 saturated heterocycles. The maximum atomic E-state index is 12.1. The molecule has 0 unspecified atom stereocenters. The van der Waals surface area contributed by atoms with E-state index in [1.807, 2.05) is 0 Å². The van der Waals surface area contributed by atoms with Crippen LogP contribution in [0.1, 0.15) is 17.3 Å². The van der Waals surface area contributed by atoms with Gasteiger partial charge in [0.2, 0.25) is 0 Å². The molecule has 1 aliphatic heterocycles. The van der Waals surface area contributed by atoms with Gasteiger partial charge in [0.25, 0.3) is 11.8 Å². The number of amides is 4. The van der Waals surface area contributed by atoms with Gasteiger partial charge in [-0.15, -0.1) is 11.8 Å². The van der Waals surface area contributed by atoms with E-state index >= 15 is 0 Å². The van der Waals surface area contributed by atoms with Crippen molar-refractivity contribution in [2.45, 2.75) is 17.4 Å². The Bertz CT molecular complexity index is 693. The van der Waals surface area contributed by atoms with Crippen LogP contribution in [0.15, 0.2) is 29.2 Å². The Morgan fingerprint density at radius 3 is 2.62 bits per heavy atom. The first-order valence-corrected chi connectivity index (χ1v) is 8.07. The molecular formula is C15H17N3O5S. The Kier molecular flexibility index (Phi) is 5.45. The van der Waals surface area contributed by atoms with Crippen molar-refractivity contribution in [3.63, 3.8) is 0 Å². The largest absolute Gasteiger partial charge is 0.452 e. The molecular weight excluding hydrogens is 334 g/mol. The third kappa shape index (κ3) is 4.05. The van der Waals surface area contributed by atoms with Crippen LogP contribution in [0.2, 0.25) is 0 Å². The average molecular weight is 351 g/mol. The molecule has 1 aromatic rings. The van der Waals surface area contributed by atoms with Gasteiger partial charge in [-0.25, -0.2) is 9.59 Å². The Balaban J connectivity index is 2.06. The summed E-state index contributed by atoms with van der Waals surface area (Å²) in [7, 11) is 1.45. The second-order valence-electron chi connectivity index (χ2n) is 5.27. The average Bonchev–Trinajstić information content (AvgIpc) is 2.83. The third-order valence-electron chi connectivity index (χ3n) is 3.35. The van der Waals surface area contributed by atoms with Gasteiger partial charge < -0.3 is 15.4 Å². The number of imide groups is 1. The molecule has 3 N–H and O–H groups in total. The fourth-order valence-electron chi connectivity index (χ4n) is 1.95. The minimum absolute atomic E-state index is 0.240. The van der Waals surface area contributed by atoms with Crippen LogP contribution >= 0.6 is 11.8 Å². The summed E-state index contributed by atoms with van der Waals surface area (Å²) in [6.07, 6.45) is 0. The molecule has 1 aliphatic rings. The molecule has 8 nitrogen and oxygen atoms in total. The van der Waals surface area contributed by atoms with Crippen LogP contribution in [0.4, 0.5) is 4.79 Å². The monoisotopic (exact) mass is 351 g/mol. The fourth-order valence-corrected chi connectivity index (χ4v) is 3.07. The van der Waals surface area contributed by atoms with Crippen molar-refractivity contribution in [1.82, 2.24) is 16.0 Å². The Hall–Kier alpha value is -2.55. The number of hydrogen-bond donors (Lipinski definition) is 3. The molecule has 24 heavy (non-hydrogen) atoms. The van der Waals surface area contributed by atoms with E-state index < -0.39 is 29.4 Å². The fraction of sp³-hybridized carbons (Fsp3) is 0.333. The number of carbonyl (C=O) groups is 4. The van der Waals surface area contributed by atoms with Gasteiger partial charge in [0, 0.05) is 17.7 Å². The second kappa shape index (κ2) is 7.35. The highest BCUT2D eigenvalue weighted by atomic mass is 32.2. The number of hydrogen-bond acceptors (Lipinski definition) is 6. The smallest absolute Gasteiger partial charge is 0.339 e. The quantitative estimate of drug-likeness (QED) is 0.385. The van der Waals surface area contributed by atoms with Crippen molar-refractivity contribution in [3.05, 3.63) is 29.8 Å². The first kappa shape index (κ1) is 17.8. The summed E-state index contributed by atoms with van der Waals surface area (Å²) < 4.78 is 4.94. The number of urea groups is 1. The number of rotatable bonds is 6. The maximum absolute atomic E-state index is 12.1. The predicted molar refractivity (Wildman–Crippen MR) is 86.6 cm³/mol. The van der Waals surface area contributed by atoms with E-state index in [9.17, 15) is 19.2 Å². The Morgan fingerprint density at radius 1 is 1.29 bits per heavy atom. The van der Waals surface area contributed by atoms with Crippen LogP contribution in [0.25, 0.3) is 0 Å². The lowest BCUT2D eigenvalue weighted by Crippen LogP contribution is -2.46. The van der Waals surface area contributed by atoms with E-state index in [2.05, 4.69) is 16.0 Å². The van der Waals surface area contributed by atoms with E-state index in [4.69, 9.17) is 4.74 Å². The van der Waals surface area contributed by atoms with Gasteiger partial charge in [0.1, 0.15) is 5.54 Å². The molecule has 9 heteroatoms. The highest BCUT2D eigenvalue weighted by Crippen LogP contribution is 2.27. The number of benzene rings is 1. The van der Waals surface area contributed by atoms with Crippen LogP contribution in [0, 0.1) is 0 Å². The topological polar surface area (TPSA) is 114 Å². The number of thioether (sulfide) groups is 1. The van der Waals surface area contributed by atoms with Gasteiger partial charge in [-0.1, -0.05) is 12.1 Å². The van der Waals surface area contributed by atoms with Crippen molar-refractivity contribution in [2.75, 3.05) is 19.4 Å². The summed E-state index contributed by atoms with van der Waals surface area (Å²) in [5.74, 6) is -1.22. The molecule has 1 aromatic carbocycles. The zero-order valence-electron chi connectivity index (χ0n) is 13.2. The SMILES string of the molecule is CNC(=O)COC(=O)c1ccccc1SC[C@@]1(C)NC(=O)NC1=O. The Morgan fingerprint density at radius 2 is 2.00 bits per heavy atom. The first-order chi connectivity index (χ1) is 11.4. The van der Waals surface area contributed by atoms with Crippen molar-refractivity contribution in [3.8, 4) is 0 Å². The highest BCUT2D eigenvalue weighted by molar-refractivity contribution is 7.99. The summed E-state index contributed by atoms with van der Waals surface area (Å²) in [6.45, 7) is 1.23. The molecule has 4 amide bonds. The highest BCUT2D eigenvalue weighted by Gasteiger charge is 2.41. The van der Waals surface area contributed by atoms with Crippen LogP contribution in [-0.4, -0.2) is 48.8 Å². The second-order valence-corrected chi connectivity index (χ2v) is 6.29. The van der Waals surface area contributed by atoms with E-state index in [1.54, 1.807) is 31.2 Å². The molecule has 0 radical (unpaired) electrons. The minimum Gasteiger partial charge on any atom is -0.452 e. The molecule has 2 rings (SSSR count). The molecule has 0 bridgehead atoms. The maximum Gasteiger partial charge on any atom is 0.339 e. The lowest BCUT2D eigenvalue weighted by molar-refractivity contribution is -0.124. The van der Waals surface area contributed by atoms with Gasteiger partial charge in [-0.2, -0.15) is 0 Å². The van der Waals surface area contributed by atoms with Crippen molar-refractivity contribution in [1.29, 1.82) is 0 Å². The van der Waals surface area contributed by atoms with Gasteiger partial charge in [-0.3, -0.25) is 14.9 Å². The van der Waals surface area contributed by atoms with Gasteiger partial charge in [0.05, 0.1) is 5.56 Å². The molecule has 0 aliphatic carbocycles. The molecule has 0 aromatic heterocycles. The zero-order chi connectivity index (χ0) is 17.7.